The van der Waals surface area contributed by atoms with Crippen LogP contribution in [0.3, 0.4) is 0 Å². The lowest BCUT2D eigenvalue weighted by atomic mass is 10.0. The smallest absolute Gasteiger partial charge is 0.0747 e. The van der Waals surface area contributed by atoms with Crippen molar-refractivity contribution in [3.8, 4) is 16.8 Å². The second-order valence-electron chi connectivity index (χ2n) is 5.00. The minimum Gasteiger partial charge on any atom is -0.233 e. The Kier molecular flexibility index (Phi) is 2.79. The van der Waals surface area contributed by atoms with Crippen molar-refractivity contribution in [2.45, 2.75) is 0 Å². The lowest BCUT2D eigenvalue weighted by molar-refractivity contribution is 0.911. The molecule has 4 aromatic rings. The minimum atomic E-state index is 1.08. The van der Waals surface area contributed by atoms with Crippen LogP contribution >= 0.6 is 0 Å². The molecule has 0 atom stereocenters. The highest BCUT2D eigenvalue weighted by molar-refractivity contribution is 5.95. The van der Waals surface area contributed by atoms with Gasteiger partial charge in [0, 0.05) is 5.39 Å². The average molecular weight is 270 g/mol. The van der Waals surface area contributed by atoms with Gasteiger partial charge < -0.3 is 0 Å². The lowest BCUT2D eigenvalue weighted by Crippen LogP contribution is -1.94. The van der Waals surface area contributed by atoms with Crippen molar-refractivity contribution in [3.05, 3.63) is 85.1 Å². The monoisotopic (exact) mass is 270 g/mol. The standard InChI is InChI=1S/C19H14N2/c1-3-8-15(9-4-1)17-12-7-13-19-18(17)14-20-21(19)16-10-5-2-6-11-16/h1-14H. The largest absolute Gasteiger partial charge is 0.233 e. The highest BCUT2D eigenvalue weighted by Gasteiger charge is 2.09. The Morgan fingerprint density at radius 3 is 2.14 bits per heavy atom. The fraction of sp³-hybridized carbons (Fsp3) is 0. The maximum atomic E-state index is 4.57. The van der Waals surface area contributed by atoms with Gasteiger partial charge in [0.05, 0.1) is 17.4 Å². The third-order valence-electron chi connectivity index (χ3n) is 3.70. The Hall–Kier alpha value is -2.87. The van der Waals surface area contributed by atoms with Crippen molar-refractivity contribution >= 4 is 10.9 Å². The van der Waals surface area contributed by atoms with Crippen LogP contribution in [0.25, 0.3) is 27.7 Å². The molecule has 0 saturated heterocycles. The first-order chi connectivity index (χ1) is 10.4. The summed E-state index contributed by atoms with van der Waals surface area (Å²) in [5.74, 6) is 0. The molecule has 2 heteroatoms. The van der Waals surface area contributed by atoms with E-state index in [1.807, 2.05) is 35.1 Å². The normalized spacial score (nSPS) is 10.9. The first-order valence-electron chi connectivity index (χ1n) is 7.01. The van der Waals surface area contributed by atoms with Crippen LogP contribution in [0.15, 0.2) is 85.1 Å². The number of benzene rings is 3. The summed E-state index contributed by atoms with van der Waals surface area (Å²) in [7, 11) is 0. The SMILES string of the molecule is c1ccc(-c2cccc3c2cnn3-c2ccccc2)cc1. The molecule has 0 unspecified atom stereocenters. The molecule has 0 radical (unpaired) electrons. The third-order valence-corrected chi connectivity index (χ3v) is 3.70. The lowest BCUT2D eigenvalue weighted by Gasteiger charge is -2.05. The molecule has 0 N–H and O–H groups in total. The number of aromatic nitrogens is 2. The summed E-state index contributed by atoms with van der Waals surface area (Å²) < 4.78 is 1.99. The van der Waals surface area contributed by atoms with Gasteiger partial charge in [-0.3, -0.25) is 0 Å². The number of fused-ring (bicyclic) bond motifs is 1. The molecule has 0 fully saturated rings. The fourth-order valence-corrected chi connectivity index (χ4v) is 2.70. The summed E-state index contributed by atoms with van der Waals surface area (Å²) in [6.45, 7) is 0. The second-order valence-corrected chi connectivity index (χ2v) is 5.00. The Balaban J connectivity index is 1.96. The molecule has 0 aliphatic heterocycles. The van der Waals surface area contributed by atoms with Crippen LogP contribution < -0.4 is 0 Å². The van der Waals surface area contributed by atoms with Crippen molar-refractivity contribution in [1.29, 1.82) is 0 Å². The summed E-state index contributed by atoms with van der Waals surface area (Å²) in [5, 5.41) is 5.74. The maximum absolute atomic E-state index is 4.57. The van der Waals surface area contributed by atoms with Crippen molar-refractivity contribution in [1.82, 2.24) is 9.78 Å². The van der Waals surface area contributed by atoms with Crippen molar-refractivity contribution in [2.75, 3.05) is 0 Å². The number of nitrogens with zero attached hydrogens (tertiary/aromatic N) is 2. The van der Waals surface area contributed by atoms with Gasteiger partial charge >= 0.3 is 0 Å². The number of hydrogen-bond acceptors (Lipinski definition) is 1. The molecule has 1 aromatic heterocycles. The molecule has 0 spiro atoms. The van der Waals surface area contributed by atoms with Gasteiger partial charge in [0.25, 0.3) is 0 Å². The Bertz CT molecular complexity index is 877. The van der Waals surface area contributed by atoms with Crippen LogP contribution in [0, 0.1) is 0 Å². The van der Waals surface area contributed by atoms with Crippen LogP contribution in [0.1, 0.15) is 0 Å². The summed E-state index contributed by atoms with van der Waals surface area (Å²) in [6.07, 6.45) is 1.95. The molecule has 0 aliphatic rings. The van der Waals surface area contributed by atoms with E-state index in [0.717, 1.165) is 11.2 Å². The van der Waals surface area contributed by atoms with E-state index >= 15 is 0 Å². The maximum Gasteiger partial charge on any atom is 0.0747 e. The van der Waals surface area contributed by atoms with E-state index in [2.05, 4.69) is 59.7 Å². The van der Waals surface area contributed by atoms with Crippen molar-refractivity contribution in [2.24, 2.45) is 0 Å². The third kappa shape index (κ3) is 2.01. The summed E-state index contributed by atoms with van der Waals surface area (Å²) in [6, 6.07) is 27.0. The molecule has 1 heterocycles. The number of rotatable bonds is 2. The van der Waals surface area contributed by atoms with Crippen LogP contribution in [0.2, 0.25) is 0 Å². The highest BCUT2D eigenvalue weighted by Crippen LogP contribution is 2.29. The number of hydrogen-bond donors (Lipinski definition) is 0. The topological polar surface area (TPSA) is 17.8 Å². The molecular weight excluding hydrogens is 256 g/mol. The van der Waals surface area contributed by atoms with Crippen LogP contribution in [-0.2, 0) is 0 Å². The molecule has 21 heavy (non-hydrogen) atoms. The van der Waals surface area contributed by atoms with Gasteiger partial charge in [0.1, 0.15) is 0 Å². The summed E-state index contributed by atoms with van der Waals surface area (Å²) >= 11 is 0. The average Bonchev–Trinajstić information content (AvgIpc) is 3.00. The van der Waals surface area contributed by atoms with Gasteiger partial charge in [-0.25, -0.2) is 4.68 Å². The minimum absolute atomic E-state index is 1.08. The summed E-state index contributed by atoms with van der Waals surface area (Å²) in [4.78, 5) is 0. The van der Waals surface area contributed by atoms with E-state index < -0.39 is 0 Å². The molecule has 0 amide bonds. The molecule has 4 rings (SSSR count). The predicted octanol–water partition coefficient (Wildman–Crippen LogP) is 4.69. The van der Waals surface area contributed by atoms with Gasteiger partial charge in [-0.2, -0.15) is 5.10 Å². The molecular formula is C19H14N2. The van der Waals surface area contributed by atoms with Gasteiger partial charge in [-0.05, 0) is 29.3 Å². The van der Waals surface area contributed by atoms with Crippen LogP contribution in [0.4, 0.5) is 0 Å². The van der Waals surface area contributed by atoms with Gasteiger partial charge in [-0.1, -0.05) is 60.7 Å². The molecule has 2 nitrogen and oxygen atoms in total. The van der Waals surface area contributed by atoms with E-state index in [-0.39, 0.29) is 0 Å². The molecule has 100 valence electrons. The first kappa shape index (κ1) is 11.9. The second kappa shape index (κ2) is 4.91. The van der Waals surface area contributed by atoms with E-state index in [1.54, 1.807) is 0 Å². The van der Waals surface area contributed by atoms with Crippen LogP contribution in [0.5, 0.6) is 0 Å². The zero-order valence-electron chi connectivity index (χ0n) is 11.5. The Morgan fingerprint density at radius 1 is 0.667 bits per heavy atom. The molecule has 3 aromatic carbocycles. The molecule has 0 bridgehead atoms. The molecule has 0 saturated carbocycles. The highest BCUT2D eigenvalue weighted by atomic mass is 15.3. The quantitative estimate of drug-likeness (QED) is 0.516. The van der Waals surface area contributed by atoms with E-state index in [1.165, 1.54) is 16.5 Å². The fourth-order valence-electron chi connectivity index (χ4n) is 2.70. The Morgan fingerprint density at radius 2 is 1.38 bits per heavy atom. The summed E-state index contributed by atoms with van der Waals surface area (Å²) in [5.41, 5.74) is 4.64. The van der Waals surface area contributed by atoms with Gasteiger partial charge in [0.15, 0.2) is 0 Å². The zero-order valence-corrected chi connectivity index (χ0v) is 11.5. The van der Waals surface area contributed by atoms with Gasteiger partial charge in [0.2, 0.25) is 0 Å². The van der Waals surface area contributed by atoms with Crippen molar-refractivity contribution in [3.63, 3.8) is 0 Å². The molecule has 0 aliphatic carbocycles. The van der Waals surface area contributed by atoms with E-state index in [4.69, 9.17) is 0 Å². The first-order valence-corrected chi connectivity index (χ1v) is 7.01. The number of para-hydroxylation sites is 1. The van der Waals surface area contributed by atoms with E-state index in [9.17, 15) is 0 Å². The van der Waals surface area contributed by atoms with Crippen LogP contribution in [-0.4, -0.2) is 9.78 Å². The Labute approximate surface area is 123 Å². The zero-order chi connectivity index (χ0) is 14.1. The van der Waals surface area contributed by atoms with Crippen molar-refractivity contribution < 1.29 is 0 Å². The van der Waals surface area contributed by atoms with Gasteiger partial charge in [-0.15, -0.1) is 0 Å². The van der Waals surface area contributed by atoms with E-state index in [0.29, 0.717) is 0 Å². The predicted molar refractivity (Wildman–Crippen MR) is 86.5 cm³/mol.